The smallest absolute Gasteiger partial charge is 0.163 e. The van der Waals surface area contributed by atoms with Gasteiger partial charge in [-0.3, -0.25) is 0 Å². The van der Waals surface area contributed by atoms with Gasteiger partial charge in [0.05, 0.1) is 30.8 Å². The van der Waals surface area contributed by atoms with E-state index < -0.39 is 0 Å². The number of hydrogen-bond acceptors (Lipinski definition) is 4. The van der Waals surface area contributed by atoms with Crippen LogP contribution in [0.15, 0.2) is 42.5 Å². The molecule has 124 valence electrons. The number of aryl methyl sites for hydroxylation is 1. The summed E-state index contributed by atoms with van der Waals surface area (Å²) in [5.74, 6) is 3.42. The lowest BCUT2D eigenvalue weighted by Gasteiger charge is -2.11. The molecule has 2 aromatic carbocycles. The van der Waals surface area contributed by atoms with Crippen LogP contribution in [0.2, 0.25) is 0 Å². The molecule has 4 rings (SSSR count). The van der Waals surface area contributed by atoms with Crippen molar-refractivity contribution in [2.45, 2.75) is 19.9 Å². The third kappa shape index (κ3) is 2.89. The molecule has 0 fully saturated rings. The molecule has 0 spiro atoms. The summed E-state index contributed by atoms with van der Waals surface area (Å²) in [6.07, 6.45) is 0.899. The van der Waals surface area contributed by atoms with Gasteiger partial charge in [-0.05, 0) is 19.1 Å². The third-order valence-corrected chi connectivity index (χ3v) is 4.14. The van der Waals surface area contributed by atoms with Crippen molar-refractivity contribution in [1.29, 1.82) is 0 Å². The van der Waals surface area contributed by atoms with Gasteiger partial charge in [0.1, 0.15) is 18.2 Å². The summed E-state index contributed by atoms with van der Waals surface area (Å²) in [5, 5.41) is 0. The maximum atomic E-state index is 5.81. The largest absolute Gasteiger partial charge is 0.492 e. The number of rotatable bonds is 4. The van der Waals surface area contributed by atoms with Crippen molar-refractivity contribution in [3.63, 3.8) is 0 Å². The number of hydrogen-bond donors (Lipinski definition) is 0. The molecule has 24 heavy (non-hydrogen) atoms. The summed E-state index contributed by atoms with van der Waals surface area (Å²) in [6, 6.07) is 13.8. The number of nitrogens with zero attached hydrogens (tertiary/aromatic N) is 2. The summed E-state index contributed by atoms with van der Waals surface area (Å²) >= 11 is 0. The highest BCUT2D eigenvalue weighted by molar-refractivity contribution is 5.80. The molecule has 0 N–H and O–H groups in total. The normalized spacial score (nSPS) is 13.7. The van der Waals surface area contributed by atoms with Crippen molar-refractivity contribution in [1.82, 2.24) is 9.55 Å². The number of imidazole rings is 1. The summed E-state index contributed by atoms with van der Waals surface area (Å²) < 4.78 is 19.5. The highest BCUT2D eigenvalue weighted by atomic mass is 16.5. The summed E-state index contributed by atoms with van der Waals surface area (Å²) in [6.45, 7) is 4.70. The molecule has 5 heteroatoms. The van der Waals surface area contributed by atoms with Crippen LogP contribution >= 0.6 is 0 Å². The minimum Gasteiger partial charge on any atom is -0.492 e. The first-order chi connectivity index (χ1) is 11.8. The van der Waals surface area contributed by atoms with Gasteiger partial charge in [0.2, 0.25) is 0 Å². The van der Waals surface area contributed by atoms with Gasteiger partial charge in [0, 0.05) is 18.6 Å². The molecule has 0 bridgehead atoms. The van der Waals surface area contributed by atoms with Crippen LogP contribution in [-0.4, -0.2) is 29.4 Å². The van der Waals surface area contributed by atoms with Crippen LogP contribution in [0.5, 0.6) is 17.2 Å². The fourth-order valence-electron chi connectivity index (χ4n) is 2.96. The average Bonchev–Trinajstić information content (AvgIpc) is 2.76. The van der Waals surface area contributed by atoms with Crippen LogP contribution < -0.4 is 14.2 Å². The fraction of sp³-hybridized carbons (Fsp3) is 0.316. The third-order valence-electron chi connectivity index (χ3n) is 4.14. The second kappa shape index (κ2) is 6.43. The predicted octanol–water partition coefficient (Wildman–Crippen LogP) is 3.59. The molecule has 1 aromatic heterocycles. The molecule has 1 aliphatic rings. The van der Waals surface area contributed by atoms with Crippen molar-refractivity contribution in [2.75, 3.05) is 19.8 Å². The van der Waals surface area contributed by atoms with Crippen LogP contribution in [-0.2, 0) is 6.54 Å². The van der Waals surface area contributed by atoms with Gasteiger partial charge in [-0.15, -0.1) is 0 Å². The molecule has 1 aliphatic heterocycles. The second-order valence-electron chi connectivity index (χ2n) is 5.81. The first-order valence-electron chi connectivity index (χ1n) is 8.25. The first-order valence-corrected chi connectivity index (χ1v) is 8.25. The number of ether oxygens (including phenoxy) is 3. The van der Waals surface area contributed by atoms with Gasteiger partial charge in [-0.2, -0.15) is 0 Å². The lowest BCUT2D eigenvalue weighted by atomic mass is 10.2. The Morgan fingerprint density at radius 1 is 1.08 bits per heavy atom. The van der Waals surface area contributed by atoms with Gasteiger partial charge in [0.15, 0.2) is 11.5 Å². The Balaban J connectivity index is 1.58. The van der Waals surface area contributed by atoms with Gasteiger partial charge in [-0.1, -0.05) is 18.2 Å². The van der Waals surface area contributed by atoms with Crippen molar-refractivity contribution in [3.8, 4) is 17.2 Å². The molecule has 3 aromatic rings. The molecular formula is C19H20N2O3. The van der Waals surface area contributed by atoms with E-state index >= 15 is 0 Å². The fourth-order valence-corrected chi connectivity index (χ4v) is 2.96. The molecular weight excluding hydrogens is 304 g/mol. The van der Waals surface area contributed by atoms with Gasteiger partial charge < -0.3 is 18.8 Å². The molecule has 0 aliphatic carbocycles. The van der Waals surface area contributed by atoms with Crippen molar-refractivity contribution in [3.05, 3.63) is 48.3 Å². The van der Waals surface area contributed by atoms with Gasteiger partial charge in [-0.25, -0.2) is 4.98 Å². The van der Waals surface area contributed by atoms with Crippen molar-refractivity contribution >= 4 is 11.0 Å². The maximum Gasteiger partial charge on any atom is 0.163 e. The molecule has 0 radical (unpaired) electrons. The molecule has 0 atom stereocenters. The van der Waals surface area contributed by atoms with Crippen LogP contribution in [0, 0.1) is 6.92 Å². The Bertz CT molecular complexity index is 843. The molecule has 0 unspecified atom stereocenters. The van der Waals surface area contributed by atoms with E-state index in [0.29, 0.717) is 19.8 Å². The van der Waals surface area contributed by atoms with E-state index in [0.717, 1.165) is 47.1 Å². The average molecular weight is 324 g/mol. The van der Waals surface area contributed by atoms with E-state index in [2.05, 4.69) is 9.55 Å². The molecule has 0 saturated carbocycles. The number of fused-ring (bicyclic) bond motifs is 2. The monoisotopic (exact) mass is 324 g/mol. The zero-order valence-corrected chi connectivity index (χ0v) is 13.7. The number of aromatic nitrogens is 2. The molecule has 2 heterocycles. The zero-order valence-electron chi connectivity index (χ0n) is 13.7. The Morgan fingerprint density at radius 3 is 2.62 bits per heavy atom. The van der Waals surface area contributed by atoms with Gasteiger partial charge in [0.25, 0.3) is 0 Å². The van der Waals surface area contributed by atoms with E-state index in [4.69, 9.17) is 14.2 Å². The Morgan fingerprint density at radius 2 is 1.83 bits per heavy atom. The summed E-state index contributed by atoms with van der Waals surface area (Å²) in [5.41, 5.74) is 1.98. The first kappa shape index (κ1) is 14.9. The quantitative estimate of drug-likeness (QED) is 0.736. The summed E-state index contributed by atoms with van der Waals surface area (Å²) in [4.78, 5) is 4.65. The van der Waals surface area contributed by atoms with Crippen LogP contribution in [0.3, 0.4) is 0 Å². The van der Waals surface area contributed by atoms with Crippen molar-refractivity contribution < 1.29 is 14.2 Å². The van der Waals surface area contributed by atoms with E-state index in [-0.39, 0.29) is 0 Å². The SMILES string of the molecule is Cc1nc2cc3c(cc2n1CCOc1ccccc1)OCCCO3. The molecule has 5 nitrogen and oxygen atoms in total. The predicted molar refractivity (Wildman–Crippen MR) is 92.0 cm³/mol. The van der Waals surface area contributed by atoms with E-state index in [9.17, 15) is 0 Å². The number of para-hydroxylation sites is 1. The highest BCUT2D eigenvalue weighted by Gasteiger charge is 2.16. The number of benzene rings is 2. The molecule has 0 amide bonds. The summed E-state index contributed by atoms with van der Waals surface area (Å²) in [7, 11) is 0. The molecule has 0 saturated heterocycles. The Hall–Kier alpha value is -2.69. The standard InChI is InChI=1S/C19H20N2O3/c1-14-20-16-12-18-19(24-10-5-9-23-18)13-17(16)21(14)8-11-22-15-6-3-2-4-7-15/h2-4,6-7,12-13H,5,8-11H2,1H3. The van der Waals surface area contributed by atoms with Crippen LogP contribution in [0.1, 0.15) is 12.2 Å². The lowest BCUT2D eigenvalue weighted by molar-refractivity contribution is 0.296. The highest BCUT2D eigenvalue weighted by Crippen LogP contribution is 2.34. The van der Waals surface area contributed by atoms with E-state index in [1.165, 1.54) is 0 Å². The Kier molecular flexibility index (Phi) is 3.99. The minimum atomic E-state index is 0.588. The topological polar surface area (TPSA) is 45.5 Å². The van der Waals surface area contributed by atoms with Crippen molar-refractivity contribution in [2.24, 2.45) is 0 Å². The van der Waals surface area contributed by atoms with E-state index in [1.54, 1.807) is 0 Å². The second-order valence-corrected chi connectivity index (χ2v) is 5.81. The maximum absolute atomic E-state index is 5.81. The van der Waals surface area contributed by atoms with Crippen LogP contribution in [0.4, 0.5) is 0 Å². The van der Waals surface area contributed by atoms with Crippen LogP contribution in [0.25, 0.3) is 11.0 Å². The Labute approximate surface area is 140 Å². The minimum absolute atomic E-state index is 0.588. The zero-order chi connectivity index (χ0) is 16.4. The van der Waals surface area contributed by atoms with E-state index in [1.807, 2.05) is 49.4 Å². The van der Waals surface area contributed by atoms with Gasteiger partial charge >= 0.3 is 0 Å². The lowest BCUT2D eigenvalue weighted by Crippen LogP contribution is -2.09.